The number of aromatic nitrogens is 1. The SMILES string of the molecule is CCOC(=O)CC(=O)c1ncc(Cl)cc1F. The molecule has 0 atom stereocenters. The van der Waals surface area contributed by atoms with Gasteiger partial charge in [0.1, 0.15) is 12.1 Å². The second-order valence-electron chi connectivity index (χ2n) is 2.89. The van der Waals surface area contributed by atoms with Gasteiger partial charge in [0.05, 0.1) is 11.6 Å². The van der Waals surface area contributed by atoms with Crippen LogP contribution in [-0.2, 0) is 9.53 Å². The standard InChI is InChI=1S/C10H9ClFNO3/c1-2-16-9(15)4-8(14)10-7(12)3-6(11)5-13-10/h3,5H,2,4H2,1H3. The lowest BCUT2D eigenvalue weighted by Gasteiger charge is -2.02. The molecule has 4 nitrogen and oxygen atoms in total. The molecule has 1 aromatic heterocycles. The maximum Gasteiger partial charge on any atom is 0.313 e. The Morgan fingerprint density at radius 3 is 2.81 bits per heavy atom. The van der Waals surface area contributed by atoms with Crippen LogP contribution in [0.15, 0.2) is 12.3 Å². The predicted octanol–water partition coefficient (Wildman–Crippen LogP) is 2.01. The van der Waals surface area contributed by atoms with Crippen molar-refractivity contribution >= 4 is 23.4 Å². The first-order chi connectivity index (χ1) is 7.54. The first kappa shape index (κ1) is 12.6. The zero-order valence-electron chi connectivity index (χ0n) is 8.50. The Kier molecular flexibility index (Phi) is 4.37. The van der Waals surface area contributed by atoms with E-state index in [2.05, 4.69) is 9.72 Å². The van der Waals surface area contributed by atoms with Crippen LogP contribution in [0.2, 0.25) is 5.02 Å². The predicted molar refractivity (Wildman–Crippen MR) is 54.8 cm³/mol. The molecule has 0 amide bonds. The highest BCUT2D eigenvalue weighted by atomic mass is 35.5. The molecule has 1 heterocycles. The molecule has 0 aromatic carbocycles. The van der Waals surface area contributed by atoms with Gasteiger partial charge in [0.2, 0.25) is 0 Å². The highest BCUT2D eigenvalue weighted by Gasteiger charge is 2.18. The molecule has 0 bridgehead atoms. The second-order valence-corrected chi connectivity index (χ2v) is 3.33. The third kappa shape index (κ3) is 3.27. The van der Waals surface area contributed by atoms with Crippen molar-refractivity contribution in [1.29, 1.82) is 0 Å². The molecule has 1 aromatic rings. The summed E-state index contributed by atoms with van der Waals surface area (Å²) in [5.41, 5.74) is -0.405. The van der Waals surface area contributed by atoms with Crippen molar-refractivity contribution in [3.05, 3.63) is 28.8 Å². The van der Waals surface area contributed by atoms with Crippen LogP contribution >= 0.6 is 11.6 Å². The van der Waals surface area contributed by atoms with Crippen LogP contribution in [0.5, 0.6) is 0 Å². The molecule has 86 valence electrons. The van der Waals surface area contributed by atoms with Crippen LogP contribution < -0.4 is 0 Å². The monoisotopic (exact) mass is 245 g/mol. The summed E-state index contributed by atoms with van der Waals surface area (Å²) in [4.78, 5) is 25.9. The van der Waals surface area contributed by atoms with Crippen LogP contribution in [0.3, 0.4) is 0 Å². The molecule has 0 aliphatic rings. The van der Waals surface area contributed by atoms with E-state index >= 15 is 0 Å². The Hall–Kier alpha value is -1.49. The van der Waals surface area contributed by atoms with E-state index in [1.165, 1.54) is 0 Å². The van der Waals surface area contributed by atoms with Crippen molar-refractivity contribution in [3.8, 4) is 0 Å². The van der Waals surface area contributed by atoms with Crippen LogP contribution in [0, 0.1) is 5.82 Å². The maximum absolute atomic E-state index is 13.2. The molecule has 0 aliphatic heterocycles. The fourth-order valence-electron chi connectivity index (χ4n) is 1.05. The second kappa shape index (κ2) is 5.55. The number of hydrogen-bond acceptors (Lipinski definition) is 4. The van der Waals surface area contributed by atoms with E-state index in [1.807, 2.05) is 0 Å². The Labute approximate surface area is 96.4 Å². The highest BCUT2D eigenvalue weighted by Crippen LogP contribution is 2.13. The minimum absolute atomic E-state index is 0.0881. The van der Waals surface area contributed by atoms with E-state index in [-0.39, 0.29) is 11.6 Å². The van der Waals surface area contributed by atoms with Gasteiger partial charge in [-0.15, -0.1) is 0 Å². The molecule has 6 heteroatoms. The lowest BCUT2D eigenvalue weighted by Crippen LogP contribution is -2.13. The number of carbonyl (C=O) groups is 2. The van der Waals surface area contributed by atoms with Crippen LogP contribution in [0.25, 0.3) is 0 Å². The van der Waals surface area contributed by atoms with Crippen LogP contribution in [0.1, 0.15) is 23.8 Å². The van der Waals surface area contributed by atoms with Gasteiger partial charge in [-0.3, -0.25) is 9.59 Å². The molecule has 0 unspecified atom stereocenters. The number of pyridine rings is 1. The summed E-state index contributed by atoms with van der Waals surface area (Å²) in [6.07, 6.45) is 0.614. The van der Waals surface area contributed by atoms with Crippen molar-refractivity contribution < 1.29 is 18.7 Å². The third-order valence-corrected chi connectivity index (χ3v) is 1.89. The minimum Gasteiger partial charge on any atom is -0.466 e. The van der Waals surface area contributed by atoms with E-state index < -0.39 is 29.7 Å². The lowest BCUT2D eigenvalue weighted by atomic mass is 10.2. The van der Waals surface area contributed by atoms with Crippen molar-refractivity contribution in [1.82, 2.24) is 4.98 Å². The number of nitrogens with zero attached hydrogens (tertiary/aromatic N) is 1. The topological polar surface area (TPSA) is 56.3 Å². The minimum atomic E-state index is -0.846. The molecule has 0 aliphatic carbocycles. The van der Waals surface area contributed by atoms with Gasteiger partial charge in [-0.05, 0) is 13.0 Å². The van der Waals surface area contributed by atoms with Gasteiger partial charge >= 0.3 is 5.97 Å². The van der Waals surface area contributed by atoms with Crippen molar-refractivity contribution in [2.45, 2.75) is 13.3 Å². The van der Waals surface area contributed by atoms with Crippen LogP contribution in [0.4, 0.5) is 4.39 Å². The summed E-state index contributed by atoms with van der Waals surface area (Å²) >= 11 is 5.47. The lowest BCUT2D eigenvalue weighted by molar-refractivity contribution is -0.141. The number of ether oxygens (including phenoxy) is 1. The van der Waals surface area contributed by atoms with E-state index in [1.54, 1.807) is 6.92 Å². The average molecular weight is 246 g/mol. The summed E-state index contributed by atoms with van der Waals surface area (Å²) in [5, 5.41) is 0.0881. The molecular formula is C10H9ClFNO3. The zero-order valence-corrected chi connectivity index (χ0v) is 9.25. The molecule has 0 N–H and O–H groups in total. The Bertz CT molecular complexity index is 423. The molecule has 0 saturated heterocycles. The Morgan fingerprint density at radius 2 is 2.25 bits per heavy atom. The summed E-state index contributed by atoms with van der Waals surface area (Å²) in [7, 11) is 0. The first-order valence-corrected chi connectivity index (χ1v) is 4.92. The maximum atomic E-state index is 13.2. The molecule has 1 rings (SSSR count). The number of hydrogen-bond donors (Lipinski definition) is 0. The molecular weight excluding hydrogens is 237 g/mol. The molecule has 0 fully saturated rings. The fourth-order valence-corrected chi connectivity index (χ4v) is 1.19. The quantitative estimate of drug-likeness (QED) is 0.463. The summed E-state index contributed by atoms with van der Waals surface area (Å²) in [6, 6.07) is 0.965. The number of esters is 1. The summed E-state index contributed by atoms with van der Waals surface area (Å²) in [6.45, 7) is 1.78. The summed E-state index contributed by atoms with van der Waals surface area (Å²) < 4.78 is 17.8. The molecule has 0 spiro atoms. The van der Waals surface area contributed by atoms with E-state index in [0.29, 0.717) is 0 Å². The molecule has 0 saturated carbocycles. The van der Waals surface area contributed by atoms with E-state index in [0.717, 1.165) is 12.3 Å². The Balaban J connectivity index is 2.77. The van der Waals surface area contributed by atoms with Gasteiger partial charge in [-0.2, -0.15) is 0 Å². The van der Waals surface area contributed by atoms with Gasteiger partial charge in [0, 0.05) is 6.20 Å². The molecule has 16 heavy (non-hydrogen) atoms. The normalized spacial score (nSPS) is 9.94. The number of rotatable bonds is 4. The number of ketones is 1. The van der Waals surface area contributed by atoms with Crippen molar-refractivity contribution in [2.75, 3.05) is 6.61 Å². The first-order valence-electron chi connectivity index (χ1n) is 4.54. The average Bonchev–Trinajstić information content (AvgIpc) is 2.17. The van der Waals surface area contributed by atoms with Gasteiger partial charge in [-0.25, -0.2) is 9.37 Å². The van der Waals surface area contributed by atoms with E-state index in [9.17, 15) is 14.0 Å². The highest BCUT2D eigenvalue weighted by molar-refractivity contribution is 6.30. The van der Waals surface area contributed by atoms with Gasteiger partial charge in [-0.1, -0.05) is 11.6 Å². The van der Waals surface area contributed by atoms with Gasteiger partial charge < -0.3 is 4.74 Å². The van der Waals surface area contributed by atoms with Crippen molar-refractivity contribution in [3.63, 3.8) is 0 Å². The smallest absolute Gasteiger partial charge is 0.313 e. The molecule has 0 radical (unpaired) electrons. The Morgan fingerprint density at radius 1 is 1.56 bits per heavy atom. The third-order valence-electron chi connectivity index (χ3n) is 1.68. The fraction of sp³-hybridized carbons (Fsp3) is 0.300. The summed E-state index contributed by atoms with van der Waals surface area (Å²) in [5.74, 6) is -2.28. The number of carbonyl (C=O) groups excluding carboxylic acids is 2. The van der Waals surface area contributed by atoms with Gasteiger partial charge in [0.15, 0.2) is 11.6 Å². The number of Topliss-reactive ketones (excluding diaryl/α,β-unsaturated/α-hetero) is 1. The van der Waals surface area contributed by atoms with Crippen molar-refractivity contribution in [2.24, 2.45) is 0 Å². The zero-order chi connectivity index (χ0) is 12.1. The van der Waals surface area contributed by atoms with Gasteiger partial charge in [0.25, 0.3) is 0 Å². The largest absolute Gasteiger partial charge is 0.466 e. The van der Waals surface area contributed by atoms with E-state index in [4.69, 9.17) is 11.6 Å². The number of halogens is 2. The van der Waals surface area contributed by atoms with Crippen LogP contribution in [-0.4, -0.2) is 23.3 Å².